The lowest BCUT2D eigenvalue weighted by Crippen LogP contribution is -2.29. The van der Waals surface area contributed by atoms with E-state index in [0.29, 0.717) is 23.1 Å². The summed E-state index contributed by atoms with van der Waals surface area (Å²) < 4.78 is 2.04. The summed E-state index contributed by atoms with van der Waals surface area (Å²) in [5, 5.41) is 3.82. The number of aromatic amines is 1. The minimum Gasteiger partial charge on any atom is -0.345 e. The van der Waals surface area contributed by atoms with Crippen LogP contribution in [0.2, 0.25) is 0 Å². The van der Waals surface area contributed by atoms with Crippen LogP contribution in [0.25, 0.3) is 10.9 Å². The number of carbonyl (C=O) groups is 1. The largest absolute Gasteiger partial charge is 0.345 e. The van der Waals surface area contributed by atoms with Crippen LogP contribution in [-0.4, -0.2) is 15.5 Å². The highest BCUT2D eigenvalue weighted by Crippen LogP contribution is 2.22. The van der Waals surface area contributed by atoms with E-state index < -0.39 is 0 Å². The number of rotatable bonds is 9. The highest BCUT2D eigenvalue weighted by molar-refractivity contribution is 7.71. The summed E-state index contributed by atoms with van der Waals surface area (Å²) in [5.41, 5.74) is 2.80. The fourth-order valence-corrected chi connectivity index (χ4v) is 4.30. The molecule has 168 valence electrons. The van der Waals surface area contributed by atoms with E-state index in [9.17, 15) is 9.59 Å². The number of nitrogens with zero attached hydrogens (tertiary/aromatic N) is 1. The maximum atomic E-state index is 12.7. The molecule has 2 N–H and O–H groups in total. The Labute approximate surface area is 198 Å². The van der Waals surface area contributed by atoms with Crippen LogP contribution in [0.1, 0.15) is 42.9 Å². The second-order valence-electron chi connectivity index (χ2n) is 8.07. The van der Waals surface area contributed by atoms with Crippen molar-refractivity contribution in [3.8, 4) is 0 Å². The van der Waals surface area contributed by atoms with Gasteiger partial charge in [-0.2, -0.15) is 0 Å². The Balaban J connectivity index is 1.32. The highest BCUT2D eigenvalue weighted by atomic mass is 32.1. The Bertz CT molecular complexity index is 1290. The quantitative estimate of drug-likeness (QED) is 0.257. The first-order chi connectivity index (χ1) is 16.1. The second kappa shape index (κ2) is 10.9. The van der Waals surface area contributed by atoms with Crippen molar-refractivity contribution in [1.82, 2.24) is 14.9 Å². The topological polar surface area (TPSA) is 66.9 Å². The maximum Gasteiger partial charge on any atom is 0.262 e. The zero-order chi connectivity index (χ0) is 23.0. The van der Waals surface area contributed by atoms with E-state index in [-0.39, 0.29) is 17.5 Å². The van der Waals surface area contributed by atoms with E-state index in [1.807, 2.05) is 78.9 Å². The third-order valence-corrected chi connectivity index (χ3v) is 6.07. The third kappa shape index (κ3) is 5.65. The normalized spacial score (nSPS) is 11.1. The molecule has 6 heteroatoms. The number of fused-ring (bicyclic) bond motifs is 1. The standard InChI is InChI=1S/C27H27N3O2S/c31-24(29-25(20-12-4-1-5-13-20)21-14-6-2-7-15-21)18-8-3-11-19-30-26(32)22-16-9-10-17-23(22)28-27(30)33/h1-2,4-7,9-10,12-17,25H,3,8,11,18-19H2,(H,28,33)(H,29,31). The fraction of sp³-hybridized carbons (Fsp3) is 0.222. The lowest BCUT2D eigenvalue weighted by atomic mass is 9.98. The van der Waals surface area contributed by atoms with Crippen LogP contribution >= 0.6 is 12.2 Å². The molecule has 1 aromatic heterocycles. The summed E-state index contributed by atoms with van der Waals surface area (Å²) in [5.74, 6) is 0.0212. The van der Waals surface area contributed by atoms with Crippen LogP contribution in [-0.2, 0) is 11.3 Å². The van der Waals surface area contributed by atoms with Gasteiger partial charge in [0.1, 0.15) is 0 Å². The average molecular weight is 458 g/mol. The second-order valence-corrected chi connectivity index (χ2v) is 8.45. The Morgan fingerprint density at radius 3 is 2.12 bits per heavy atom. The van der Waals surface area contributed by atoms with Crippen molar-refractivity contribution in [2.45, 2.75) is 38.3 Å². The maximum absolute atomic E-state index is 12.7. The summed E-state index contributed by atoms with van der Waals surface area (Å²) in [6, 6.07) is 27.2. The van der Waals surface area contributed by atoms with Crippen molar-refractivity contribution >= 4 is 29.0 Å². The first-order valence-electron chi connectivity index (χ1n) is 11.2. The number of carbonyl (C=O) groups excluding carboxylic acids is 1. The van der Waals surface area contributed by atoms with Crippen molar-refractivity contribution in [3.05, 3.63) is 111 Å². The van der Waals surface area contributed by atoms with Crippen molar-refractivity contribution < 1.29 is 4.79 Å². The molecule has 0 aliphatic rings. The minimum atomic E-state index is -0.172. The number of para-hydroxylation sites is 1. The average Bonchev–Trinajstić information content (AvgIpc) is 2.85. The molecular weight excluding hydrogens is 430 g/mol. The fourth-order valence-electron chi connectivity index (χ4n) is 4.02. The number of unbranched alkanes of at least 4 members (excludes halogenated alkanes) is 2. The number of H-pyrrole nitrogens is 1. The van der Waals surface area contributed by atoms with E-state index >= 15 is 0 Å². The summed E-state index contributed by atoms with van der Waals surface area (Å²) in [6.07, 6.45) is 2.81. The van der Waals surface area contributed by atoms with Gasteiger partial charge < -0.3 is 10.3 Å². The minimum absolute atomic E-state index is 0.0212. The van der Waals surface area contributed by atoms with E-state index in [1.54, 1.807) is 10.6 Å². The molecule has 0 spiro atoms. The summed E-state index contributed by atoms with van der Waals surface area (Å²) in [7, 11) is 0. The van der Waals surface area contributed by atoms with Gasteiger partial charge in [-0.05, 0) is 48.3 Å². The molecule has 5 nitrogen and oxygen atoms in total. The summed E-state index contributed by atoms with van der Waals surface area (Å²) in [6.45, 7) is 0.539. The molecule has 0 unspecified atom stereocenters. The van der Waals surface area contributed by atoms with Crippen molar-refractivity contribution in [1.29, 1.82) is 0 Å². The van der Waals surface area contributed by atoms with Gasteiger partial charge in [0.2, 0.25) is 5.91 Å². The molecule has 0 radical (unpaired) electrons. The zero-order valence-electron chi connectivity index (χ0n) is 18.4. The molecule has 0 saturated carbocycles. The van der Waals surface area contributed by atoms with Crippen molar-refractivity contribution in [3.63, 3.8) is 0 Å². The van der Waals surface area contributed by atoms with Gasteiger partial charge in [0, 0.05) is 13.0 Å². The van der Waals surface area contributed by atoms with Crippen LogP contribution in [0.5, 0.6) is 0 Å². The molecule has 3 aromatic carbocycles. The van der Waals surface area contributed by atoms with Gasteiger partial charge in [-0.15, -0.1) is 0 Å². The third-order valence-electron chi connectivity index (χ3n) is 5.75. The zero-order valence-corrected chi connectivity index (χ0v) is 19.2. The Morgan fingerprint density at radius 1 is 0.848 bits per heavy atom. The van der Waals surface area contributed by atoms with Crippen LogP contribution in [0.3, 0.4) is 0 Å². The Kier molecular flexibility index (Phi) is 7.47. The summed E-state index contributed by atoms with van der Waals surface area (Å²) >= 11 is 5.37. The molecule has 33 heavy (non-hydrogen) atoms. The van der Waals surface area contributed by atoms with Crippen LogP contribution in [0.4, 0.5) is 0 Å². The molecule has 1 amide bonds. The lowest BCUT2D eigenvalue weighted by molar-refractivity contribution is -0.121. The van der Waals surface area contributed by atoms with Crippen LogP contribution in [0.15, 0.2) is 89.7 Å². The van der Waals surface area contributed by atoms with Gasteiger partial charge in [-0.3, -0.25) is 14.2 Å². The SMILES string of the molecule is O=C(CCCCCn1c(=S)[nH]c2ccccc2c1=O)NC(c1ccccc1)c1ccccc1. The monoisotopic (exact) mass is 457 g/mol. The number of hydrogen-bond acceptors (Lipinski definition) is 3. The highest BCUT2D eigenvalue weighted by Gasteiger charge is 2.16. The number of amides is 1. The molecule has 0 atom stereocenters. The van der Waals surface area contributed by atoms with Crippen LogP contribution < -0.4 is 10.9 Å². The first-order valence-corrected chi connectivity index (χ1v) is 11.7. The number of aromatic nitrogens is 2. The van der Waals surface area contributed by atoms with Gasteiger partial charge in [0.25, 0.3) is 5.56 Å². The van der Waals surface area contributed by atoms with Gasteiger partial charge in [-0.1, -0.05) is 79.2 Å². The van der Waals surface area contributed by atoms with Gasteiger partial charge in [-0.25, -0.2) is 0 Å². The van der Waals surface area contributed by atoms with E-state index in [4.69, 9.17) is 12.2 Å². The Morgan fingerprint density at radius 2 is 1.45 bits per heavy atom. The molecule has 0 aliphatic heterocycles. The molecule has 1 heterocycles. The van der Waals surface area contributed by atoms with E-state index in [2.05, 4.69) is 10.3 Å². The number of hydrogen-bond donors (Lipinski definition) is 2. The molecule has 4 aromatic rings. The molecule has 0 aliphatic carbocycles. The number of benzene rings is 3. The number of nitrogens with one attached hydrogen (secondary N) is 2. The predicted molar refractivity (Wildman–Crippen MR) is 135 cm³/mol. The summed E-state index contributed by atoms with van der Waals surface area (Å²) in [4.78, 5) is 28.5. The van der Waals surface area contributed by atoms with E-state index in [0.717, 1.165) is 35.9 Å². The molecule has 0 fully saturated rings. The van der Waals surface area contributed by atoms with Gasteiger partial charge in [0.15, 0.2) is 4.77 Å². The lowest BCUT2D eigenvalue weighted by Gasteiger charge is -2.20. The smallest absolute Gasteiger partial charge is 0.262 e. The molecular formula is C27H27N3O2S. The molecule has 0 bridgehead atoms. The molecule has 0 saturated heterocycles. The van der Waals surface area contributed by atoms with Crippen molar-refractivity contribution in [2.75, 3.05) is 0 Å². The Hall–Kier alpha value is -3.51. The van der Waals surface area contributed by atoms with E-state index in [1.165, 1.54) is 0 Å². The predicted octanol–water partition coefficient (Wildman–Crippen LogP) is 5.53. The first kappa shape index (κ1) is 22.7. The van der Waals surface area contributed by atoms with Gasteiger partial charge >= 0.3 is 0 Å². The van der Waals surface area contributed by atoms with Crippen LogP contribution in [0, 0.1) is 4.77 Å². The van der Waals surface area contributed by atoms with Crippen molar-refractivity contribution in [2.24, 2.45) is 0 Å². The van der Waals surface area contributed by atoms with Gasteiger partial charge in [0.05, 0.1) is 16.9 Å². The molecule has 4 rings (SSSR count).